The van der Waals surface area contributed by atoms with Gasteiger partial charge in [-0.15, -0.1) is 0 Å². The topological polar surface area (TPSA) is 86.8 Å². The van der Waals surface area contributed by atoms with Crippen molar-refractivity contribution in [2.45, 2.75) is 57.5 Å². The van der Waals surface area contributed by atoms with Crippen molar-refractivity contribution in [2.24, 2.45) is 0 Å². The van der Waals surface area contributed by atoms with Gasteiger partial charge in [0.1, 0.15) is 6.04 Å². The average Bonchev–Trinajstić information content (AvgIpc) is 2.80. The molecule has 0 unspecified atom stereocenters. The summed E-state index contributed by atoms with van der Waals surface area (Å²) in [6.45, 7) is 6.75. The van der Waals surface area contributed by atoms with E-state index < -0.39 is 16.1 Å². The Balaban J connectivity index is 2.10. The van der Waals surface area contributed by atoms with Gasteiger partial charge in [-0.05, 0) is 44.4 Å². The molecule has 2 rings (SSSR count). The maximum absolute atomic E-state index is 13.2. The third-order valence-electron chi connectivity index (χ3n) is 5.53. The van der Waals surface area contributed by atoms with E-state index in [2.05, 4.69) is 5.32 Å². The van der Waals surface area contributed by atoms with Gasteiger partial charge in [0.2, 0.25) is 21.8 Å². The van der Waals surface area contributed by atoms with E-state index in [0.717, 1.165) is 11.1 Å². The quantitative estimate of drug-likeness (QED) is 0.512. The van der Waals surface area contributed by atoms with Crippen molar-refractivity contribution in [3.05, 3.63) is 65.7 Å². The van der Waals surface area contributed by atoms with E-state index >= 15 is 0 Å². The van der Waals surface area contributed by atoms with Gasteiger partial charge in [0.25, 0.3) is 0 Å². The maximum atomic E-state index is 13.2. The lowest BCUT2D eigenvalue weighted by Crippen LogP contribution is -2.49. The highest BCUT2D eigenvalue weighted by atomic mass is 32.2. The fourth-order valence-corrected chi connectivity index (χ4v) is 4.82. The van der Waals surface area contributed by atoms with Gasteiger partial charge in [0, 0.05) is 33.1 Å². The Labute approximate surface area is 197 Å². The first-order valence-electron chi connectivity index (χ1n) is 11.3. The minimum Gasteiger partial charge on any atom is -0.355 e. The molecule has 0 saturated carbocycles. The molecule has 0 saturated heterocycles. The summed E-state index contributed by atoms with van der Waals surface area (Å²) in [6, 6.07) is 15.5. The highest BCUT2D eigenvalue weighted by Gasteiger charge is 2.28. The Morgan fingerprint density at radius 3 is 2.21 bits per heavy atom. The van der Waals surface area contributed by atoms with Crippen LogP contribution in [0.2, 0.25) is 0 Å². The number of carbonyl (C=O) groups excluding carboxylic acids is 2. The van der Waals surface area contributed by atoms with Crippen LogP contribution in [0, 0.1) is 6.92 Å². The summed E-state index contributed by atoms with van der Waals surface area (Å²) in [5.74, 6) is -0.344. The van der Waals surface area contributed by atoms with Crippen LogP contribution in [0.5, 0.6) is 0 Å². The van der Waals surface area contributed by atoms with E-state index in [1.54, 1.807) is 35.2 Å². The van der Waals surface area contributed by atoms with Crippen molar-refractivity contribution in [1.82, 2.24) is 14.5 Å². The second kappa shape index (κ2) is 12.5. The summed E-state index contributed by atoms with van der Waals surface area (Å²) in [5.41, 5.74) is 2.07. The number of aryl methyl sites for hydroxylation is 1. The molecule has 0 fully saturated rings. The van der Waals surface area contributed by atoms with Crippen LogP contribution in [0.25, 0.3) is 0 Å². The fourth-order valence-electron chi connectivity index (χ4n) is 3.59. The molecule has 33 heavy (non-hydrogen) atoms. The minimum atomic E-state index is -3.61. The Bertz CT molecular complexity index is 1010. The summed E-state index contributed by atoms with van der Waals surface area (Å²) < 4.78 is 26.7. The molecule has 0 aromatic heterocycles. The molecular formula is C25H35N3O4S. The predicted molar refractivity (Wildman–Crippen MR) is 130 cm³/mol. The number of hydrogen-bond acceptors (Lipinski definition) is 4. The number of benzene rings is 2. The van der Waals surface area contributed by atoms with Gasteiger partial charge in [-0.1, -0.05) is 55.0 Å². The molecule has 0 bridgehead atoms. The van der Waals surface area contributed by atoms with Crippen LogP contribution in [-0.4, -0.2) is 55.6 Å². The lowest BCUT2D eigenvalue weighted by atomic mass is 10.1. The largest absolute Gasteiger partial charge is 0.355 e. The highest BCUT2D eigenvalue weighted by Crippen LogP contribution is 2.17. The molecule has 180 valence electrons. The molecule has 0 heterocycles. The van der Waals surface area contributed by atoms with Crippen molar-refractivity contribution in [3.8, 4) is 0 Å². The molecular weight excluding hydrogens is 438 g/mol. The van der Waals surface area contributed by atoms with Gasteiger partial charge in [-0.3, -0.25) is 9.59 Å². The molecule has 0 aliphatic carbocycles. The zero-order chi connectivity index (χ0) is 24.4. The SMILES string of the molecule is CCNC(=O)[C@@H](CC)N(Cc1ccc(C)cc1)C(=O)CCCN(C)S(=O)(=O)c1ccccc1. The van der Waals surface area contributed by atoms with Crippen LogP contribution < -0.4 is 5.32 Å². The lowest BCUT2D eigenvalue weighted by molar-refractivity contribution is -0.141. The number of sulfonamides is 1. The number of carbonyl (C=O) groups is 2. The van der Waals surface area contributed by atoms with Crippen molar-refractivity contribution < 1.29 is 18.0 Å². The van der Waals surface area contributed by atoms with Crippen LogP contribution in [0.3, 0.4) is 0 Å². The molecule has 0 spiro atoms. The zero-order valence-electron chi connectivity index (χ0n) is 20.0. The van der Waals surface area contributed by atoms with Gasteiger partial charge in [0.15, 0.2) is 0 Å². The first kappa shape index (κ1) is 26.5. The predicted octanol–water partition coefficient (Wildman–Crippen LogP) is 3.34. The third kappa shape index (κ3) is 7.40. The Kier molecular flexibility index (Phi) is 10.1. The smallest absolute Gasteiger partial charge is 0.242 e. The summed E-state index contributed by atoms with van der Waals surface area (Å²) in [6.07, 6.45) is 1.000. The number of amides is 2. The second-order valence-electron chi connectivity index (χ2n) is 8.07. The molecule has 0 aliphatic rings. The van der Waals surface area contributed by atoms with Crippen LogP contribution in [0.4, 0.5) is 0 Å². The Morgan fingerprint density at radius 1 is 1.00 bits per heavy atom. The van der Waals surface area contributed by atoms with E-state index in [9.17, 15) is 18.0 Å². The first-order valence-corrected chi connectivity index (χ1v) is 12.8. The number of rotatable bonds is 12. The average molecular weight is 474 g/mol. The number of nitrogens with zero attached hydrogens (tertiary/aromatic N) is 2. The van der Waals surface area contributed by atoms with Gasteiger partial charge >= 0.3 is 0 Å². The molecule has 0 radical (unpaired) electrons. The first-order chi connectivity index (χ1) is 15.7. The molecule has 1 atom stereocenters. The van der Waals surface area contributed by atoms with E-state index in [1.807, 2.05) is 45.0 Å². The summed E-state index contributed by atoms with van der Waals surface area (Å²) in [7, 11) is -2.09. The molecule has 2 aromatic carbocycles. The fraction of sp³-hybridized carbons (Fsp3) is 0.440. The van der Waals surface area contributed by atoms with Crippen molar-refractivity contribution in [1.29, 1.82) is 0 Å². The highest BCUT2D eigenvalue weighted by molar-refractivity contribution is 7.89. The monoisotopic (exact) mass is 473 g/mol. The maximum Gasteiger partial charge on any atom is 0.242 e. The van der Waals surface area contributed by atoms with Gasteiger partial charge in [0.05, 0.1) is 4.90 Å². The van der Waals surface area contributed by atoms with Crippen LogP contribution in [0.15, 0.2) is 59.5 Å². The van der Waals surface area contributed by atoms with Crippen LogP contribution in [-0.2, 0) is 26.2 Å². The summed E-state index contributed by atoms with van der Waals surface area (Å²) >= 11 is 0. The van der Waals surface area contributed by atoms with E-state index in [0.29, 0.717) is 25.9 Å². The van der Waals surface area contributed by atoms with Crippen molar-refractivity contribution in [2.75, 3.05) is 20.1 Å². The molecule has 0 aliphatic heterocycles. The van der Waals surface area contributed by atoms with Gasteiger partial charge in [-0.2, -0.15) is 0 Å². The molecule has 8 heteroatoms. The van der Waals surface area contributed by atoms with Crippen molar-refractivity contribution in [3.63, 3.8) is 0 Å². The summed E-state index contributed by atoms with van der Waals surface area (Å²) in [4.78, 5) is 27.7. The van der Waals surface area contributed by atoms with Crippen LogP contribution in [0.1, 0.15) is 44.2 Å². The standard InChI is InChI=1S/C25H35N3O4S/c1-5-23(25(30)26-6-2)28(19-21-16-14-20(3)15-17-21)24(29)13-10-18-27(4)33(31,32)22-11-8-7-9-12-22/h7-9,11-12,14-17,23H,5-6,10,13,18-19H2,1-4H3,(H,26,30)/t23-/m1/s1. The van der Waals surface area contributed by atoms with E-state index in [4.69, 9.17) is 0 Å². The molecule has 7 nitrogen and oxygen atoms in total. The third-order valence-corrected chi connectivity index (χ3v) is 7.40. The second-order valence-corrected chi connectivity index (χ2v) is 10.1. The number of hydrogen-bond donors (Lipinski definition) is 1. The zero-order valence-corrected chi connectivity index (χ0v) is 20.8. The Hall–Kier alpha value is -2.71. The van der Waals surface area contributed by atoms with E-state index in [-0.39, 0.29) is 29.7 Å². The van der Waals surface area contributed by atoms with Gasteiger partial charge in [-0.25, -0.2) is 12.7 Å². The molecule has 2 amide bonds. The van der Waals surface area contributed by atoms with E-state index in [1.165, 1.54) is 11.4 Å². The van der Waals surface area contributed by atoms with Crippen molar-refractivity contribution >= 4 is 21.8 Å². The summed E-state index contributed by atoms with van der Waals surface area (Å²) in [5, 5.41) is 2.82. The van der Waals surface area contributed by atoms with Gasteiger partial charge < -0.3 is 10.2 Å². The normalized spacial score (nSPS) is 12.4. The van der Waals surface area contributed by atoms with Crippen LogP contribution >= 0.6 is 0 Å². The minimum absolute atomic E-state index is 0.149. The molecule has 2 aromatic rings. The number of nitrogens with one attached hydrogen (secondary N) is 1. The lowest BCUT2D eigenvalue weighted by Gasteiger charge is -2.31. The Morgan fingerprint density at radius 2 is 1.64 bits per heavy atom. The molecule has 1 N–H and O–H groups in total. The number of likely N-dealkylation sites (N-methyl/N-ethyl adjacent to an activating group) is 1.